The van der Waals surface area contributed by atoms with Crippen LogP contribution in [0, 0.1) is 0 Å². The number of carboxylic acids is 1. The molecular formula is C14H18N6O7. The Morgan fingerprint density at radius 3 is 2.67 bits per heavy atom. The Morgan fingerprint density at radius 1 is 1.30 bits per heavy atom. The maximum atomic E-state index is 12.0. The number of amides is 1. The molecule has 2 aromatic heterocycles. The lowest BCUT2D eigenvalue weighted by molar-refractivity contribution is -0.138. The van der Waals surface area contributed by atoms with Gasteiger partial charge in [-0.3, -0.25) is 14.2 Å². The number of nitrogens with zero attached hydrogens (tertiary/aromatic N) is 4. The summed E-state index contributed by atoms with van der Waals surface area (Å²) in [5, 5.41) is 40.3. The fourth-order valence-electron chi connectivity index (χ4n) is 2.73. The summed E-state index contributed by atoms with van der Waals surface area (Å²) >= 11 is 0. The van der Waals surface area contributed by atoms with Crippen molar-refractivity contribution in [1.29, 1.82) is 0 Å². The number of carbonyl (C=O) groups is 2. The first-order valence-electron chi connectivity index (χ1n) is 7.91. The molecule has 3 rings (SSSR count). The van der Waals surface area contributed by atoms with E-state index < -0.39 is 55.5 Å². The number of hydrogen-bond donors (Lipinski definition) is 6. The first-order valence-corrected chi connectivity index (χ1v) is 7.91. The Morgan fingerprint density at radius 2 is 2.04 bits per heavy atom. The molecule has 5 atom stereocenters. The molecule has 0 radical (unpaired) electrons. The molecule has 0 unspecified atom stereocenters. The van der Waals surface area contributed by atoms with E-state index in [0.717, 1.165) is 6.33 Å². The first-order chi connectivity index (χ1) is 12.8. The van der Waals surface area contributed by atoms with Gasteiger partial charge < -0.3 is 36.2 Å². The lowest BCUT2D eigenvalue weighted by Crippen LogP contribution is -2.37. The Bertz CT molecular complexity index is 858. The van der Waals surface area contributed by atoms with Crippen LogP contribution in [0.2, 0.25) is 0 Å². The second-order valence-corrected chi connectivity index (χ2v) is 5.97. The van der Waals surface area contributed by atoms with E-state index in [9.17, 15) is 24.9 Å². The highest BCUT2D eigenvalue weighted by molar-refractivity contribution is 6.00. The largest absolute Gasteiger partial charge is 0.481 e. The first kappa shape index (κ1) is 19.1. The Hall–Kier alpha value is -2.71. The summed E-state index contributed by atoms with van der Waals surface area (Å²) in [5.74, 6) is -1.99. The molecular weight excluding hydrogens is 364 g/mol. The minimum absolute atomic E-state index is 0.00340. The van der Waals surface area contributed by atoms with E-state index in [2.05, 4.69) is 20.3 Å². The number of nitrogens with one attached hydrogen (secondary N) is 1. The fourth-order valence-corrected chi connectivity index (χ4v) is 2.73. The molecule has 13 nitrogen and oxygen atoms in total. The number of carboxylic acid groups (broad SMARTS) is 1. The number of aliphatic hydroxyl groups is 3. The third-order valence-electron chi connectivity index (χ3n) is 4.12. The van der Waals surface area contributed by atoms with Crippen LogP contribution in [0.25, 0.3) is 11.2 Å². The van der Waals surface area contributed by atoms with Gasteiger partial charge in [-0.2, -0.15) is 0 Å². The van der Waals surface area contributed by atoms with Gasteiger partial charge in [0, 0.05) is 0 Å². The summed E-state index contributed by atoms with van der Waals surface area (Å²) in [6.07, 6.45) is -2.83. The molecule has 13 heteroatoms. The minimum Gasteiger partial charge on any atom is -0.481 e. The van der Waals surface area contributed by atoms with Crippen LogP contribution in [-0.4, -0.2) is 82.8 Å². The van der Waals surface area contributed by atoms with Crippen molar-refractivity contribution in [2.24, 2.45) is 5.73 Å². The standard InChI is InChI=1S/C14H18N6O7/c15-5(1-7(22)23)13(26)19-11-8-12(17-3-16-11)20(4-18-8)14-10(25)9(24)6(2-21)27-14/h3-6,9-10,14,21,24-25H,1-2,15H2,(H,22,23)(H,16,17,19,26)/t5-,6+,9+,10+,14+/m0/s1. The Labute approximate surface area is 151 Å². The number of rotatable bonds is 6. The number of aromatic nitrogens is 4. The van der Waals surface area contributed by atoms with E-state index in [4.69, 9.17) is 15.6 Å². The van der Waals surface area contributed by atoms with Crippen molar-refractivity contribution in [1.82, 2.24) is 19.5 Å². The monoisotopic (exact) mass is 382 g/mol. The molecule has 2 aromatic rings. The lowest BCUT2D eigenvalue weighted by atomic mass is 10.1. The third kappa shape index (κ3) is 3.58. The predicted octanol–water partition coefficient (Wildman–Crippen LogP) is -2.82. The van der Waals surface area contributed by atoms with Crippen molar-refractivity contribution in [3.05, 3.63) is 12.7 Å². The molecule has 1 amide bonds. The van der Waals surface area contributed by atoms with Crippen LogP contribution >= 0.6 is 0 Å². The molecule has 27 heavy (non-hydrogen) atoms. The number of carbonyl (C=O) groups excluding carboxylic acids is 1. The molecule has 1 saturated heterocycles. The van der Waals surface area contributed by atoms with Gasteiger partial charge in [0.1, 0.15) is 24.6 Å². The van der Waals surface area contributed by atoms with Crippen LogP contribution < -0.4 is 11.1 Å². The van der Waals surface area contributed by atoms with Crippen molar-refractivity contribution in [3.63, 3.8) is 0 Å². The maximum absolute atomic E-state index is 12.0. The van der Waals surface area contributed by atoms with Gasteiger partial charge >= 0.3 is 5.97 Å². The van der Waals surface area contributed by atoms with E-state index >= 15 is 0 Å². The molecule has 0 aliphatic carbocycles. The highest BCUT2D eigenvalue weighted by Crippen LogP contribution is 2.32. The highest BCUT2D eigenvalue weighted by atomic mass is 16.6. The van der Waals surface area contributed by atoms with E-state index in [1.165, 1.54) is 10.9 Å². The molecule has 3 heterocycles. The van der Waals surface area contributed by atoms with Gasteiger partial charge in [-0.05, 0) is 0 Å². The van der Waals surface area contributed by atoms with Crippen LogP contribution in [-0.2, 0) is 14.3 Å². The zero-order valence-electron chi connectivity index (χ0n) is 13.8. The van der Waals surface area contributed by atoms with Crippen LogP contribution in [0.15, 0.2) is 12.7 Å². The predicted molar refractivity (Wildman–Crippen MR) is 87.2 cm³/mol. The lowest BCUT2D eigenvalue weighted by Gasteiger charge is -2.16. The summed E-state index contributed by atoms with van der Waals surface area (Å²) in [6.45, 7) is -0.487. The van der Waals surface area contributed by atoms with E-state index in [1.54, 1.807) is 0 Å². The normalized spacial score (nSPS) is 26.2. The summed E-state index contributed by atoms with van der Waals surface area (Å²) in [7, 11) is 0. The summed E-state index contributed by atoms with van der Waals surface area (Å²) in [6, 6.07) is -1.28. The van der Waals surface area contributed by atoms with Gasteiger partial charge in [0.15, 0.2) is 23.2 Å². The average Bonchev–Trinajstić information content (AvgIpc) is 3.17. The molecule has 0 bridgehead atoms. The molecule has 0 saturated carbocycles. The second-order valence-electron chi connectivity index (χ2n) is 5.97. The SMILES string of the molecule is N[C@@H](CC(=O)O)C(=O)Nc1ncnc2c1ncn2[C@@H]1O[C@H](CO)[C@@H](O)[C@H]1O. The zero-order chi connectivity index (χ0) is 19.7. The molecule has 0 aromatic carbocycles. The second kappa shape index (κ2) is 7.50. The number of ether oxygens (including phenoxy) is 1. The van der Waals surface area contributed by atoms with Crippen molar-refractivity contribution in [2.45, 2.75) is 37.0 Å². The number of fused-ring (bicyclic) bond motifs is 1. The quantitative estimate of drug-likeness (QED) is 0.300. The van der Waals surface area contributed by atoms with Crippen molar-refractivity contribution in [2.75, 3.05) is 11.9 Å². The van der Waals surface area contributed by atoms with E-state index in [-0.39, 0.29) is 17.0 Å². The Kier molecular flexibility index (Phi) is 5.29. The number of hydrogen-bond acceptors (Lipinski definition) is 10. The van der Waals surface area contributed by atoms with Crippen LogP contribution in [0.1, 0.15) is 12.6 Å². The molecule has 1 aliphatic heterocycles. The van der Waals surface area contributed by atoms with Gasteiger partial charge in [0.25, 0.3) is 0 Å². The summed E-state index contributed by atoms with van der Waals surface area (Å²) in [4.78, 5) is 34.7. The van der Waals surface area contributed by atoms with Gasteiger partial charge in [0.2, 0.25) is 5.91 Å². The Balaban J connectivity index is 1.87. The molecule has 0 spiro atoms. The smallest absolute Gasteiger partial charge is 0.305 e. The molecule has 1 aliphatic rings. The summed E-state index contributed by atoms with van der Waals surface area (Å²) in [5.41, 5.74) is 5.84. The summed E-state index contributed by atoms with van der Waals surface area (Å²) < 4.78 is 6.76. The van der Waals surface area contributed by atoms with Gasteiger partial charge in [-0.15, -0.1) is 0 Å². The number of aliphatic hydroxyl groups excluding tert-OH is 3. The topological polar surface area (TPSA) is 206 Å². The highest BCUT2D eigenvalue weighted by Gasteiger charge is 2.44. The van der Waals surface area contributed by atoms with Crippen LogP contribution in [0.5, 0.6) is 0 Å². The van der Waals surface area contributed by atoms with Gasteiger partial charge in [0.05, 0.1) is 25.4 Å². The van der Waals surface area contributed by atoms with Crippen LogP contribution in [0.4, 0.5) is 5.82 Å². The number of anilines is 1. The van der Waals surface area contributed by atoms with Gasteiger partial charge in [-0.25, -0.2) is 15.0 Å². The van der Waals surface area contributed by atoms with E-state index in [0.29, 0.717) is 0 Å². The molecule has 1 fully saturated rings. The fraction of sp³-hybridized carbons (Fsp3) is 0.500. The van der Waals surface area contributed by atoms with Crippen molar-refractivity contribution < 1.29 is 34.8 Å². The third-order valence-corrected chi connectivity index (χ3v) is 4.12. The number of aliphatic carboxylic acids is 1. The number of imidazole rings is 1. The van der Waals surface area contributed by atoms with E-state index in [1.807, 2.05) is 0 Å². The average molecular weight is 382 g/mol. The minimum atomic E-state index is -1.34. The van der Waals surface area contributed by atoms with Gasteiger partial charge in [-0.1, -0.05) is 0 Å². The zero-order valence-corrected chi connectivity index (χ0v) is 13.8. The van der Waals surface area contributed by atoms with Crippen molar-refractivity contribution in [3.8, 4) is 0 Å². The maximum Gasteiger partial charge on any atom is 0.305 e. The molecule has 146 valence electrons. The van der Waals surface area contributed by atoms with Crippen molar-refractivity contribution >= 4 is 28.9 Å². The molecule has 7 N–H and O–H groups in total. The number of nitrogens with two attached hydrogens (primary N) is 1. The van der Waals surface area contributed by atoms with Crippen LogP contribution in [0.3, 0.4) is 0 Å².